The molecule has 0 aliphatic carbocycles. The average molecular weight is 333 g/mol. The first-order valence-electron chi connectivity index (χ1n) is 8.28. The van der Waals surface area contributed by atoms with Crippen LogP contribution >= 0.6 is 0 Å². The summed E-state index contributed by atoms with van der Waals surface area (Å²) in [5.74, 6) is 0.829. The molecule has 3 N–H and O–H groups in total. The fraction of sp³-hybridized carbons (Fsp3) is 0.200. The van der Waals surface area contributed by atoms with Gasteiger partial charge in [0, 0.05) is 43.1 Å². The zero-order valence-electron chi connectivity index (χ0n) is 13.7. The number of carbonyl (C=O) groups is 1. The number of nitrogens with one attached hydrogen (secondary N) is 1. The molecule has 5 heteroatoms. The molecule has 2 aromatic carbocycles. The molecular formula is C20H19N3O2. The first-order chi connectivity index (χ1) is 12.2. The summed E-state index contributed by atoms with van der Waals surface area (Å²) in [7, 11) is 0. The van der Waals surface area contributed by atoms with Crippen LogP contribution in [0.3, 0.4) is 0 Å². The first kappa shape index (κ1) is 15.4. The van der Waals surface area contributed by atoms with Crippen LogP contribution in [0.1, 0.15) is 17.5 Å². The van der Waals surface area contributed by atoms with Gasteiger partial charge in [-0.1, -0.05) is 30.3 Å². The Kier molecular flexibility index (Phi) is 3.57. The molecule has 1 saturated heterocycles. The van der Waals surface area contributed by atoms with Crippen LogP contribution in [-0.2, 0) is 11.2 Å². The number of ether oxygens (including phenoxy) is 1. The highest BCUT2D eigenvalue weighted by atomic mass is 16.5. The molecule has 1 spiro atoms. The maximum Gasteiger partial charge on any atom is 0.271 e. The number of hydrogen-bond donors (Lipinski definition) is 2. The van der Waals surface area contributed by atoms with Crippen LogP contribution in [0.25, 0.3) is 5.57 Å². The highest BCUT2D eigenvalue weighted by Gasteiger charge is 2.52. The number of amides is 1. The Balaban J connectivity index is 1.58. The molecular weight excluding hydrogens is 314 g/mol. The van der Waals surface area contributed by atoms with Crippen molar-refractivity contribution in [3.8, 4) is 5.75 Å². The summed E-state index contributed by atoms with van der Waals surface area (Å²) in [5, 5.41) is 7.37. The van der Waals surface area contributed by atoms with E-state index in [4.69, 9.17) is 15.9 Å². The number of carbonyl (C=O) groups excluding carboxylic acids is 1. The average Bonchev–Trinajstić information content (AvgIpc) is 3.17. The van der Waals surface area contributed by atoms with Crippen LogP contribution in [0.2, 0.25) is 0 Å². The van der Waals surface area contributed by atoms with Crippen molar-refractivity contribution in [2.24, 2.45) is 5.73 Å². The lowest BCUT2D eigenvalue weighted by molar-refractivity contribution is -0.129. The lowest BCUT2D eigenvalue weighted by Gasteiger charge is -2.23. The first-order valence-corrected chi connectivity index (χ1v) is 8.28. The van der Waals surface area contributed by atoms with Gasteiger partial charge >= 0.3 is 0 Å². The van der Waals surface area contributed by atoms with Crippen molar-refractivity contribution in [1.29, 1.82) is 5.41 Å². The van der Waals surface area contributed by atoms with E-state index in [0.29, 0.717) is 25.0 Å². The molecule has 1 unspecified atom stereocenters. The van der Waals surface area contributed by atoms with Crippen LogP contribution < -0.4 is 15.4 Å². The number of benzene rings is 2. The zero-order chi connectivity index (χ0) is 17.4. The van der Waals surface area contributed by atoms with E-state index in [2.05, 4.69) is 0 Å². The highest BCUT2D eigenvalue weighted by Crippen LogP contribution is 2.42. The number of allylic oxidation sites excluding steroid dienone is 1. The quantitative estimate of drug-likeness (QED) is 0.848. The van der Waals surface area contributed by atoms with Gasteiger partial charge in [0.2, 0.25) is 0 Å². The summed E-state index contributed by atoms with van der Waals surface area (Å²) >= 11 is 0. The standard InChI is InChI=1S/C20H19N3O2/c21-12-16(13-22)14-5-7-17(8-6-14)23-10-9-20(19(23)24)11-15-3-1-2-4-18(15)25-20/h1-8,12-13,21H,9-11,22H2/b16-13+,21-12?. The molecule has 126 valence electrons. The van der Waals surface area contributed by atoms with E-state index in [-0.39, 0.29) is 5.91 Å². The fourth-order valence-electron chi connectivity index (χ4n) is 3.62. The molecule has 25 heavy (non-hydrogen) atoms. The van der Waals surface area contributed by atoms with Gasteiger partial charge in [-0.15, -0.1) is 0 Å². The van der Waals surface area contributed by atoms with Gasteiger partial charge in [-0.2, -0.15) is 0 Å². The van der Waals surface area contributed by atoms with Gasteiger partial charge in [0.05, 0.1) is 0 Å². The SMILES string of the molecule is N=C/C(=C\N)c1ccc(N2CCC3(Cc4ccccc4O3)C2=O)cc1. The van der Waals surface area contributed by atoms with Crippen LogP contribution in [-0.4, -0.2) is 24.3 Å². The number of hydrogen-bond acceptors (Lipinski definition) is 4. The second kappa shape index (κ2) is 5.77. The van der Waals surface area contributed by atoms with Crippen LogP contribution in [0.5, 0.6) is 5.75 Å². The third kappa shape index (κ3) is 2.39. The summed E-state index contributed by atoms with van der Waals surface area (Å²) < 4.78 is 6.07. The third-order valence-corrected chi connectivity index (χ3v) is 4.98. The predicted octanol–water partition coefficient (Wildman–Crippen LogP) is 2.75. The van der Waals surface area contributed by atoms with Crippen molar-refractivity contribution in [3.05, 3.63) is 65.9 Å². The molecule has 5 nitrogen and oxygen atoms in total. The lowest BCUT2D eigenvalue weighted by atomic mass is 9.95. The van der Waals surface area contributed by atoms with Crippen LogP contribution in [0.15, 0.2) is 54.7 Å². The Morgan fingerprint density at radius 2 is 1.96 bits per heavy atom. The normalized spacial score (nSPS) is 22.2. The van der Waals surface area contributed by atoms with E-state index in [1.807, 2.05) is 48.5 Å². The summed E-state index contributed by atoms with van der Waals surface area (Å²) in [6.45, 7) is 0.635. The smallest absolute Gasteiger partial charge is 0.271 e. The van der Waals surface area contributed by atoms with Gasteiger partial charge in [0.15, 0.2) is 5.60 Å². The fourth-order valence-corrected chi connectivity index (χ4v) is 3.62. The molecule has 2 aromatic rings. The second-order valence-corrected chi connectivity index (χ2v) is 6.40. The summed E-state index contributed by atoms with van der Waals surface area (Å²) in [6.07, 6.45) is 3.93. The minimum Gasteiger partial charge on any atom is -0.477 e. The zero-order valence-corrected chi connectivity index (χ0v) is 13.7. The van der Waals surface area contributed by atoms with E-state index >= 15 is 0 Å². The van der Waals surface area contributed by atoms with Crippen molar-refractivity contribution < 1.29 is 9.53 Å². The topological polar surface area (TPSA) is 79.4 Å². The van der Waals surface area contributed by atoms with Crippen molar-refractivity contribution in [1.82, 2.24) is 0 Å². The number of fused-ring (bicyclic) bond motifs is 1. The Morgan fingerprint density at radius 3 is 2.64 bits per heavy atom. The van der Waals surface area contributed by atoms with Gasteiger partial charge in [-0.05, 0) is 29.3 Å². The molecule has 0 radical (unpaired) electrons. The number of nitrogens with zero attached hydrogens (tertiary/aromatic N) is 1. The van der Waals surface area contributed by atoms with Crippen LogP contribution in [0, 0.1) is 5.41 Å². The number of nitrogens with two attached hydrogens (primary N) is 1. The minimum absolute atomic E-state index is 0.0121. The van der Waals surface area contributed by atoms with Crippen molar-refractivity contribution >= 4 is 23.4 Å². The van der Waals surface area contributed by atoms with E-state index in [0.717, 1.165) is 22.6 Å². The third-order valence-electron chi connectivity index (χ3n) is 4.98. The Labute approximate surface area is 146 Å². The molecule has 2 aliphatic heterocycles. The summed E-state index contributed by atoms with van der Waals surface area (Å²) in [5.41, 5.74) is 8.19. The van der Waals surface area contributed by atoms with E-state index in [1.165, 1.54) is 12.4 Å². The highest BCUT2D eigenvalue weighted by molar-refractivity contribution is 6.08. The van der Waals surface area contributed by atoms with Gasteiger partial charge in [0.25, 0.3) is 5.91 Å². The van der Waals surface area contributed by atoms with Gasteiger partial charge in [-0.3, -0.25) is 4.79 Å². The van der Waals surface area contributed by atoms with Crippen LogP contribution in [0.4, 0.5) is 5.69 Å². The molecule has 0 saturated carbocycles. The molecule has 0 aromatic heterocycles. The molecule has 0 bridgehead atoms. The van der Waals surface area contributed by atoms with Gasteiger partial charge < -0.3 is 20.8 Å². The number of anilines is 1. The predicted molar refractivity (Wildman–Crippen MR) is 97.9 cm³/mol. The van der Waals surface area contributed by atoms with Crippen molar-refractivity contribution in [2.45, 2.75) is 18.4 Å². The monoisotopic (exact) mass is 333 g/mol. The summed E-state index contributed by atoms with van der Waals surface area (Å²) in [6, 6.07) is 15.4. The molecule has 1 fully saturated rings. The van der Waals surface area contributed by atoms with E-state index in [9.17, 15) is 4.79 Å². The maximum atomic E-state index is 13.1. The van der Waals surface area contributed by atoms with Gasteiger partial charge in [0.1, 0.15) is 5.75 Å². The number of rotatable bonds is 3. The van der Waals surface area contributed by atoms with Crippen molar-refractivity contribution in [2.75, 3.05) is 11.4 Å². The second-order valence-electron chi connectivity index (χ2n) is 6.40. The van der Waals surface area contributed by atoms with Gasteiger partial charge in [-0.25, -0.2) is 0 Å². The lowest BCUT2D eigenvalue weighted by Crippen LogP contribution is -2.44. The minimum atomic E-state index is -0.764. The molecule has 1 atom stereocenters. The Morgan fingerprint density at radius 1 is 1.20 bits per heavy atom. The molecule has 1 amide bonds. The Bertz CT molecular complexity index is 846. The summed E-state index contributed by atoms with van der Waals surface area (Å²) in [4.78, 5) is 14.8. The maximum absolute atomic E-state index is 13.1. The van der Waals surface area contributed by atoms with E-state index < -0.39 is 5.60 Å². The van der Waals surface area contributed by atoms with Crippen molar-refractivity contribution in [3.63, 3.8) is 0 Å². The largest absolute Gasteiger partial charge is 0.477 e. The Hall–Kier alpha value is -3.08. The molecule has 4 rings (SSSR count). The molecule has 2 heterocycles. The van der Waals surface area contributed by atoms with E-state index in [1.54, 1.807) is 4.90 Å². The molecule has 2 aliphatic rings. The number of para-hydroxylation sites is 1.